The van der Waals surface area contributed by atoms with Crippen LogP contribution in [0.5, 0.6) is 5.75 Å². The second-order valence-electron chi connectivity index (χ2n) is 4.11. The number of carbonyl (C=O) groups excluding carboxylic acids is 1. The highest BCUT2D eigenvalue weighted by molar-refractivity contribution is 8.04. The van der Waals surface area contributed by atoms with Gasteiger partial charge in [-0.2, -0.15) is 0 Å². The second-order valence-corrected chi connectivity index (χ2v) is 5.21. The van der Waals surface area contributed by atoms with Crippen LogP contribution >= 0.6 is 11.8 Å². The zero-order valence-corrected chi connectivity index (χ0v) is 11.6. The van der Waals surface area contributed by atoms with Gasteiger partial charge in [-0.1, -0.05) is 12.6 Å². The lowest BCUT2D eigenvalue weighted by Gasteiger charge is -2.09. The van der Waals surface area contributed by atoms with Gasteiger partial charge in [-0.3, -0.25) is 10.2 Å². The molecule has 104 valence electrons. The Morgan fingerprint density at radius 1 is 1.55 bits per heavy atom. The minimum absolute atomic E-state index is 0.0391. The van der Waals surface area contributed by atoms with Gasteiger partial charge in [-0.05, 0) is 24.6 Å². The fourth-order valence-electron chi connectivity index (χ4n) is 1.68. The zero-order chi connectivity index (χ0) is 14.5. The van der Waals surface area contributed by atoms with E-state index in [1.807, 2.05) is 0 Å². The molecule has 0 radical (unpaired) electrons. The molecule has 4 N–H and O–H groups in total. The molecule has 20 heavy (non-hydrogen) atoms. The number of allylic oxidation sites excluding steroid dienone is 1. The average molecular weight is 289 g/mol. The van der Waals surface area contributed by atoms with E-state index in [0.29, 0.717) is 22.0 Å². The van der Waals surface area contributed by atoms with Gasteiger partial charge in [0.25, 0.3) is 0 Å². The van der Waals surface area contributed by atoms with Gasteiger partial charge >= 0.3 is 0 Å². The SMILES string of the molecule is C=CC(=O)Nc1cccc(OC(=N)C2=C(N)CCS2)c1. The molecule has 2 rings (SSSR count). The molecule has 0 spiro atoms. The molecule has 1 heterocycles. The van der Waals surface area contributed by atoms with E-state index < -0.39 is 0 Å². The second kappa shape index (κ2) is 6.29. The molecule has 0 bridgehead atoms. The predicted molar refractivity (Wildman–Crippen MR) is 81.9 cm³/mol. The van der Waals surface area contributed by atoms with Crippen molar-refractivity contribution in [2.45, 2.75) is 6.42 Å². The van der Waals surface area contributed by atoms with Crippen molar-refractivity contribution < 1.29 is 9.53 Å². The summed E-state index contributed by atoms with van der Waals surface area (Å²) >= 11 is 1.52. The highest BCUT2D eigenvalue weighted by Crippen LogP contribution is 2.30. The van der Waals surface area contributed by atoms with Gasteiger partial charge in [0, 0.05) is 23.2 Å². The van der Waals surface area contributed by atoms with Crippen molar-refractivity contribution in [3.05, 3.63) is 47.5 Å². The van der Waals surface area contributed by atoms with E-state index in [-0.39, 0.29) is 11.8 Å². The molecule has 1 aromatic rings. The van der Waals surface area contributed by atoms with E-state index in [4.69, 9.17) is 15.9 Å². The van der Waals surface area contributed by atoms with Crippen molar-refractivity contribution in [3.63, 3.8) is 0 Å². The quantitative estimate of drug-likeness (QED) is 0.451. The Labute approximate surface area is 121 Å². The number of hydrogen-bond donors (Lipinski definition) is 3. The van der Waals surface area contributed by atoms with Crippen LogP contribution in [0.25, 0.3) is 0 Å². The maximum Gasteiger partial charge on any atom is 0.247 e. The summed E-state index contributed by atoms with van der Waals surface area (Å²) in [7, 11) is 0. The molecule has 0 fully saturated rings. The van der Waals surface area contributed by atoms with Crippen molar-refractivity contribution in [2.24, 2.45) is 5.73 Å². The van der Waals surface area contributed by atoms with Gasteiger partial charge in [-0.15, -0.1) is 11.8 Å². The van der Waals surface area contributed by atoms with Crippen molar-refractivity contribution in [1.29, 1.82) is 5.41 Å². The third kappa shape index (κ3) is 3.42. The van der Waals surface area contributed by atoms with Crippen molar-refractivity contribution in [2.75, 3.05) is 11.1 Å². The topological polar surface area (TPSA) is 88.2 Å². The summed E-state index contributed by atoms with van der Waals surface area (Å²) in [4.78, 5) is 11.9. The maximum absolute atomic E-state index is 11.2. The molecule has 0 aromatic heterocycles. The van der Waals surface area contributed by atoms with Gasteiger partial charge in [0.05, 0.1) is 4.91 Å². The Balaban J connectivity index is 2.08. The molecule has 5 nitrogen and oxygen atoms in total. The van der Waals surface area contributed by atoms with E-state index in [1.54, 1.807) is 24.3 Å². The fourth-order valence-corrected chi connectivity index (χ4v) is 2.66. The van der Waals surface area contributed by atoms with Gasteiger partial charge < -0.3 is 15.8 Å². The molecule has 1 aliphatic heterocycles. The lowest BCUT2D eigenvalue weighted by atomic mass is 10.3. The van der Waals surface area contributed by atoms with Crippen LogP contribution < -0.4 is 15.8 Å². The highest BCUT2D eigenvalue weighted by Gasteiger charge is 2.18. The van der Waals surface area contributed by atoms with Crippen LogP contribution in [0.1, 0.15) is 6.42 Å². The average Bonchev–Trinajstić information content (AvgIpc) is 2.85. The Kier molecular flexibility index (Phi) is 4.47. The Hall–Kier alpha value is -2.21. The lowest BCUT2D eigenvalue weighted by molar-refractivity contribution is -0.111. The number of nitrogens with one attached hydrogen (secondary N) is 2. The summed E-state index contributed by atoms with van der Waals surface area (Å²) in [6.45, 7) is 3.39. The Morgan fingerprint density at radius 2 is 2.35 bits per heavy atom. The molecular formula is C14H15N3O2S. The fraction of sp³-hybridized carbons (Fsp3) is 0.143. The Morgan fingerprint density at radius 3 is 3.00 bits per heavy atom. The van der Waals surface area contributed by atoms with E-state index >= 15 is 0 Å². The summed E-state index contributed by atoms with van der Waals surface area (Å²) in [5, 5.41) is 10.6. The predicted octanol–water partition coefficient (Wildman–Crippen LogP) is 2.47. The highest BCUT2D eigenvalue weighted by atomic mass is 32.2. The number of amides is 1. The van der Waals surface area contributed by atoms with Crippen molar-refractivity contribution in [3.8, 4) is 5.75 Å². The molecule has 0 aliphatic carbocycles. The molecule has 0 saturated heterocycles. The van der Waals surface area contributed by atoms with E-state index in [1.165, 1.54) is 17.8 Å². The number of nitrogens with two attached hydrogens (primary N) is 1. The maximum atomic E-state index is 11.2. The summed E-state index contributed by atoms with van der Waals surface area (Å²) in [6, 6.07) is 6.83. The van der Waals surface area contributed by atoms with Crippen LogP contribution in [0.15, 0.2) is 47.5 Å². The number of anilines is 1. The number of hydrogen-bond acceptors (Lipinski definition) is 5. The molecule has 0 saturated carbocycles. The van der Waals surface area contributed by atoms with Crippen LogP contribution in [-0.2, 0) is 4.79 Å². The van der Waals surface area contributed by atoms with Gasteiger partial charge in [-0.25, -0.2) is 0 Å². The lowest BCUT2D eigenvalue weighted by Crippen LogP contribution is -2.12. The molecule has 1 amide bonds. The standard InChI is InChI=1S/C14H15N3O2S/c1-2-12(18)17-9-4-3-5-10(8-9)19-14(16)13-11(15)6-7-20-13/h2-5,8,16H,1,6-7,15H2,(H,17,18). The largest absolute Gasteiger partial charge is 0.438 e. The van der Waals surface area contributed by atoms with Crippen LogP contribution in [0.4, 0.5) is 5.69 Å². The third-order valence-electron chi connectivity index (χ3n) is 2.62. The summed E-state index contributed by atoms with van der Waals surface area (Å²) in [6.07, 6.45) is 1.97. The minimum Gasteiger partial charge on any atom is -0.438 e. The Bertz CT molecular complexity index is 596. The smallest absolute Gasteiger partial charge is 0.247 e. The minimum atomic E-state index is -0.296. The van der Waals surface area contributed by atoms with Crippen molar-refractivity contribution >= 4 is 29.3 Å². The molecular weight excluding hydrogens is 274 g/mol. The zero-order valence-electron chi connectivity index (χ0n) is 10.8. The van der Waals surface area contributed by atoms with Gasteiger partial charge in [0.15, 0.2) is 0 Å². The molecule has 6 heteroatoms. The number of benzene rings is 1. The first kappa shape index (κ1) is 14.2. The normalized spacial score (nSPS) is 14.0. The van der Waals surface area contributed by atoms with Crippen LogP contribution in [0.3, 0.4) is 0 Å². The summed E-state index contributed by atoms with van der Waals surface area (Å²) in [5.41, 5.74) is 7.09. The molecule has 0 atom stereocenters. The number of rotatable bonds is 4. The molecule has 0 unspecified atom stereocenters. The van der Waals surface area contributed by atoms with Crippen LogP contribution in [0.2, 0.25) is 0 Å². The first-order valence-corrected chi connectivity index (χ1v) is 7.00. The van der Waals surface area contributed by atoms with E-state index in [9.17, 15) is 4.79 Å². The van der Waals surface area contributed by atoms with Crippen LogP contribution in [-0.4, -0.2) is 17.6 Å². The molecule has 1 aliphatic rings. The summed E-state index contributed by atoms with van der Waals surface area (Å²) < 4.78 is 5.47. The van der Waals surface area contributed by atoms with E-state index in [0.717, 1.165) is 12.2 Å². The first-order valence-electron chi connectivity index (χ1n) is 6.02. The molecule has 1 aromatic carbocycles. The van der Waals surface area contributed by atoms with Gasteiger partial charge in [0.2, 0.25) is 11.8 Å². The van der Waals surface area contributed by atoms with Crippen molar-refractivity contribution in [1.82, 2.24) is 0 Å². The summed E-state index contributed by atoms with van der Waals surface area (Å²) in [5.74, 6) is 1.10. The monoisotopic (exact) mass is 289 g/mol. The number of ether oxygens (including phenoxy) is 1. The van der Waals surface area contributed by atoms with Crippen LogP contribution in [0, 0.1) is 5.41 Å². The first-order chi connectivity index (χ1) is 9.60. The number of thioether (sulfide) groups is 1. The number of carbonyl (C=O) groups is 1. The van der Waals surface area contributed by atoms with Gasteiger partial charge in [0.1, 0.15) is 5.75 Å². The third-order valence-corrected chi connectivity index (χ3v) is 3.77. The van der Waals surface area contributed by atoms with E-state index in [2.05, 4.69) is 11.9 Å².